The van der Waals surface area contributed by atoms with E-state index in [2.05, 4.69) is 48.3 Å². The summed E-state index contributed by atoms with van der Waals surface area (Å²) in [4.78, 5) is 49.7. The molecule has 0 saturated heterocycles. The number of carboxylic acids is 1. The Bertz CT molecular complexity index is 1740. The van der Waals surface area contributed by atoms with Crippen LogP contribution in [0.4, 0.5) is 0 Å². The minimum atomic E-state index is -1.14. The summed E-state index contributed by atoms with van der Waals surface area (Å²) < 4.78 is 5.89. The average Bonchev–Trinajstić information content (AvgIpc) is 3.60. The SMILES string of the molecule is CCCCCCCOc1ccc(-c2cnc(-c3ccc(CC(NC(=O)c4ccc(C(C)(C)C)s4)C(=O)NC(C(=O)O)C(C)(C)C)cc3)nc2)cc1. The van der Waals surface area contributed by atoms with Crippen LogP contribution in [0.5, 0.6) is 5.75 Å². The number of hydrogen-bond donors (Lipinski definition) is 3. The Balaban J connectivity index is 1.44. The number of thiophene rings is 1. The summed E-state index contributed by atoms with van der Waals surface area (Å²) in [6.07, 6.45) is 9.74. The molecule has 2 aromatic carbocycles. The largest absolute Gasteiger partial charge is 0.494 e. The van der Waals surface area contributed by atoms with E-state index in [1.807, 2.05) is 54.6 Å². The Hall–Kier alpha value is -4.57. The summed E-state index contributed by atoms with van der Waals surface area (Å²) >= 11 is 1.38. The van der Waals surface area contributed by atoms with E-state index < -0.39 is 29.4 Å². The molecule has 10 heteroatoms. The molecule has 0 spiro atoms. The maximum absolute atomic E-state index is 13.6. The molecule has 0 fully saturated rings. The first kappa shape index (κ1) is 39.2. The maximum atomic E-state index is 13.6. The lowest BCUT2D eigenvalue weighted by molar-refractivity contribution is -0.145. The van der Waals surface area contributed by atoms with Crippen LogP contribution in [0.2, 0.25) is 0 Å². The summed E-state index contributed by atoms with van der Waals surface area (Å²) in [5.41, 5.74) is 2.59. The highest BCUT2D eigenvalue weighted by atomic mass is 32.1. The van der Waals surface area contributed by atoms with Crippen molar-refractivity contribution in [2.75, 3.05) is 6.61 Å². The van der Waals surface area contributed by atoms with E-state index in [4.69, 9.17) is 4.74 Å². The summed E-state index contributed by atoms with van der Waals surface area (Å²) in [5.74, 6) is -0.688. The molecule has 0 radical (unpaired) electrons. The van der Waals surface area contributed by atoms with E-state index >= 15 is 0 Å². The van der Waals surface area contributed by atoms with Gasteiger partial charge in [0.15, 0.2) is 5.82 Å². The second-order valence-corrected chi connectivity index (χ2v) is 16.2. The predicted molar refractivity (Wildman–Crippen MR) is 204 cm³/mol. The Kier molecular flexibility index (Phi) is 13.5. The summed E-state index contributed by atoms with van der Waals surface area (Å²) in [6.45, 7) is 14.4. The Morgan fingerprint density at radius 3 is 1.98 bits per heavy atom. The number of carbonyl (C=O) groups is 3. The highest BCUT2D eigenvalue weighted by Crippen LogP contribution is 2.30. The summed E-state index contributed by atoms with van der Waals surface area (Å²) in [7, 11) is 0. The van der Waals surface area contributed by atoms with E-state index in [-0.39, 0.29) is 17.7 Å². The third kappa shape index (κ3) is 11.5. The molecule has 2 aromatic heterocycles. The first-order valence-electron chi connectivity index (χ1n) is 17.7. The molecule has 0 aliphatic heterocycles. The van der Waals surface area contributed by atoms with Gasteiger partial charge in [0.1, 0.15) is 17.8 Å². The standard InChI is InChI=1S/C41H52N4O5S/c1-8-9-10-11-12-23-50-31-19-17-28(18-20-31)30-25-42-36(43-26-30)29-15-13-27(14-16-29)24-32(37(46)45-35(39(48)49)41(5,6)7)44-38(47)33-21-22-34(51-33)40(2,3)4/h13-22,25-26,32,35H,8-12,23-24H2,1-7H3,(H,44,47)(H,45,46)(H,48,49). The summed E-state index contributed by atoms with van der Waals surface area (Å²) in [6, 6.07) is 17.0. The first-order chi connectivity index (χ1) is 24.2. The number of rotatable bonds is 16. The molecule has 0 saturated carbocycles. The molecule has 3 N–H and O–H groups in total. The highest BCUT2D eigenvalue weighted by molar-refractivity contribution is 7.14. The lowest BCUT2D eigenvalue weighted by atomic mass is 9.86. The molecular formula is C41H52N4O5S. The molecule has 0 aliphatic carbocycles. The molecule has 9 nitrogen and oxygen atoms in total. The van der Waals surface area contributed by atoms with Gasteiger partial charge in [-0.05, 0) is 52.6 Å². The van der Waals surface area contributed by atoms with Crippen molar-refractivity contribution in [1.82, 2.24) is 20.6 Å². The van der Waals surface area contributed by atoms with E-state index in [1.165, 1.54) is 37.0 Å². The number of benzene rings is 2. The third-order valence-electron chi connectivity index (χ3n) is 8.60. The molecular weight excluding hydrogens is 661 g/mol. The van der Waals surface area contributed by atoms with Crippen LogP contribution in [0, 0.1) is 5.41 Å². The predicted octanol–water partition coefficient (Wildman–Crippen LogP) is 8.48. The van der Waals surface area contributed by atoms with Gasteiger partial charge in [0.2, 0.25) is 5.91 Å². The minimum absolute atomic E-state index is 0.124. The van der Waals surface area contributed by atoms with Gasteiger partial charge in [-0.2, -0.15) is 0 Å². The molecule has 2 unspecified atom stereocenters. The normalized spacial score (nSPS) is 12.9. The van der Waals surface area contributed by atoms with Gasteiger partial charge in [0.05, 0.1) is 11.5 Å². The zero-order chi connectivity index (χ0) is 37.2. The first-order valence-corrected chi connectivity index (χ1v) is 18.6. The smallest absolute Gasteiger partial charge is 0.326 e. The number of aromatic nitrogens is 2. The number of carbonyl (C=O) groups excluding carboxylic acids is 2. The minimum Gasteiger partial charge on any atom is -0.494 e. The van der Waals surface area contributed by atoms with Gasteiger partial charge in [-0.15, -0.1) is 11.3 Å². The quantitative estimate of drug-likeness (QED) is 0.0994. The molecule has 0 bridgehead atoms. The van der Waals surface area contributed by atoms with Gasteiger partial charge in [0, 0.05) is 34.8 Å². The van der Waals surface area contributed by atoms with Crippen molar-refractivity contribution in [2.45, 2.75) is 104 Å². The number of ether oxygens (including phenoxy) is 1. The molecule has 2 heterocycles. The second-order valence-electron chi connectivity index (χ2n) is 15.1. The topological polar surface area (TPSA) is 131 Å². The molecule has 2 atom stereocenters. The van der Waals surface area contributed by atoms with Gasteiger partial charge >= 0.3 is 5.97 Å². The van der Waals surface area contributed by atoms with Crippen molar-refractivity contribution in [1.29, 1.82) is 0 Å². The number of aliphatic carboxylic acids is 1. The van der Waals surface area contributed by atoms with Crippen LogP contribution in [-0.4, -0.2) is 51.5 Å². The monoisotopic (exact) mass is 712 g/mol. The van der Waals surface area contributed by atoms with Crippen LogP contribution < -0.4 is 15.4 Å². The van der Waals surface area contributed by atoms with Crippen molar-refractivity contribution in [3.63, 3.8) is 0 Å². The van der Waals surface area contributed by atoms with Crippen molar-refractivity contribution in [2.24, 2.45) is 5.41 Å². The number of nitrogens with zero attached hydrogens (tertiary/aromatic N) is 2. The molecule has 51 heavy (non-hydrogen) atoms. The lowest BCUT2D eigenvalue weighted by Crippen LogP contribution is -2.56. The molecule has 2 amide bonds. The Morgan fingerprint density at radius 2 is 1.41 bits per heavy atom. The zero-order valence-corrected chi connectivity index (χ0v) is 31.7. The molecule has 272 valence electrons. The van der Waals surface area contributed by atoms with Gasteiger partial charge < -0.3 is 20.5 Å². The highest BCUT2D eigenvalue weighted by Gasteiger charge is 2.35. The van der Waals surface area contributed by atoms with Gasteiger partial charge in [-0.3, -0.25) is 9.59 Å². The van der Waals surface area contributed by atoms with Gasteiger partial charge in [0.25, 0.3) is 5.91 Å². The number of carboxylic acid groups (broad SMARTS) is 1. The van der Waals surface area contributed by atoms with Crippen molar-refractivity contribution < 1.29 is 24.2 Å². The van der Waals surface area contributed by atoms with E-state index in [0.717, 1.165) is 45.9 Å². The Morgan fingerprint density at radius 1 is 0.784 bits per heavy atom. The van der Waals surface area contributed by atoms with Crippen molar-refractivity contribution in [3.05, 3.63) is 88.4 Å². The van der Waals surface area contributed by atoms with Crippen molar-refractivity contribution in [3.8, 4) is 28.3 Å². The van der Waals surface area contributed by atoms with Gasteiger partial charge in [-0.1, -0.05) is 111 Å². The van der Waals surface area contributed by atoms with Crippen LogP contribution in [-0.2, 0) is 21.4 Å². The second kappa shape index (κ2) is 17.6. The third-order valence-corrected chi connectivity index (χ3v) is 10.1. The van der Waals surface area contributed by atoms with Crippen LogP contribution >= 0.6 is 11.3 Å². The molecule has 4 aromatic rings. The number of nitrogens with one attached hydrogen (secondary N) is 2. The summed E-state index contributed by atoms with van der Waals surface area (Å²) in [5, 5.41) is 15.4. The average molecular weight is 713 g/mol. The fourth-order valence-electron chi connectivity index (χ4n) is 5.48. The van der Waals surface area contributed by atoms with Crippen LogP contribution in [0.1, 0.15) is 101 Å². The number of unbranched alkanes of at least 4 members (excludes halogenated alkanes) is 4. The van der Waals surface area contributed by atoms with E-state index in [9.17, 15) is 19.5 Å². The molecule has 4 rings (SSSR count). The zero-order valence-electron chi connectivity index (χ0n) is 30.9. The molecule has 0 aliphatic rings. The fourth-order valence-corrected chi connectivity index (χ4v) is 6.45. The van der Waals surface area contributed by atoms with Crippen LogP contribution in [0.3, 0.4) is 0 Å². The van der Waals surface area contributed by atoms with Crippen LogP contribution in [0.15, 0.2) is 73.1 Å². The van der Waals surface area contributed by atoms with E-state index in [0.29, 0.717) is 10.7 Å². The lowest BCUT2D eigenvalue weighted by Gasteiger charge is -2.29. The number of amides is 2. The van der Waals surface area contributed by atoms with E-state index in [1.54, 1.807) is 39.2 Å². The van der Waals surface area contributed by atoms with Crippen molar-refractivity contribution >= 4 is 29.1 Å². The maximum Gasteiger partial charge on any atom is 0.326 e. The van der Waals surface area contributed by atoms with Crippen LogP contribution in [0.25, 0.3) is 22.5 Å². The fraction of sp³-hybridized carbons (Fsp3) is 0.439. The Labute approximate surface area is 306 Å². The van der Waals surface area contributed by atoms with Gasteiger partial charge in [-0.25, -0.2) is 14.8 Å². The number of hydrogen-bond acceptors (Lipinski definition) is 7.